The molecule has 90 valence electrons. The van der Waals surface area contributed by atoms with Gasteiger partial charge in [0.1, 0.15) is 0 Å². The topological polar surface area (TPSA) is 64.9 Å². The summed E-state index contributed by atoms with van der Waals surface area (Å²) in [5.41, 5.74) is 5.79. The van der Waals surface area contributed by atoms with Gasteiger partial charge in [0.05, 0.1) is 5.54 Å². The summed E-state index contributed by atoms with van der Waals surface area (Å²) < 4.78 is 5.28. The van der Waals surface area contributed by atoms with Gasteiger partial charge in [-0.15, -0.1) is 0 Å². The highest BCUT2D eigenvalue weighted by atomic mass is 16.5. The van der Waals surface area contributed by atoms with Crippen LogP contribution in [0.5, 0.6) is 0 Å². The third kappa shape index (κ3) is 2.43. The zero-order valence-electron chi connectivity index (χ0n) is 10.4. The van der Waals surface area contributed by atoms with Crippen LogP contribution in [-0.2, 0) is 12.0 Å². The SMILES string of the molecule is CC(C)CCc1noc(C(C)(N)C2CC2)n1. The van der Waals surface area contributed by atoms with Crippen molar-refractivity contribution < 1.29 is 4.52 Å². The molecule has 16 heavy (non-hydrogen) atoms. The van der Waals surface area contributed by atoms with Gasteiger partial charge in [0.15, 0.2) is 5.82 Å². The monoisotopic (exact) mass is 223 g/mol. The summed E-state index contributed by atoms with van der Waals surface area (Å²) in [5.74, 6) is 2.58. The van der Waals surface area contributed by atoms with E-state index in [1.165, 1.54) is 12.8 Å². The van der Waals surface area contributed by atoms with E-state index in [-0.39, 0.29) is 0 Å². The van der Waals surface area contributed by atoms with Crippen LogP contribution >= 0.6 is 0 Å². The minimum atomic E-state index is -0.427. The number of hydrogen-bond acceptors (Lipinski definition) is 4. The molecule has 4 nitrogen and oxygen atoms in total. The minimum absolute atomic E-state index is 0.427. The Kier molecular flexibility index (Phi) is 3.02. The van der Waals surface area contributed by atoms with Gasteiger partial charge in [0, 0.05) is 6.42 Å². The summed E-state index contributed by atoms with van der Waals surface area (Å²) in [6.45, 7) is 6.38. The number of nitrogens with two attached hydrogens (primary N) is 1. The molecule has 0 aliphatic heterocycles. The van der Waals surface area contributed by atoms with Gasteiger partial charge < -0.3 is 10.3 Å². The quantitative estimate of drug-likeness (QED) is 0.831. The summed E-state index contributed by atoms with van der Waals surface area (Å²) in [5, 5.41) is 4.00. The lowest BCUT2D eigenvalue weighted by Crippen LogP contribution is -2.35. The molecule has 1 fully saturated rings. The van der Waals surface area contributed by atoms with Crippen molar-refractivity contribution in [2.45, 2.75) is 52.0 Å². The molecule has 0 spiro atoms. The van der Waals surface area contributed by atoms with Crippen LogP contribution in [-0.4, -0.2) is 10.1 Å². The van der Waals surface area contributed by atoms with Gasteiger partial charge in [-0.25, -0.2) is 0 Å². The number of aryl methyl sites for hydroxylation is 1. The molecule has 0 saturated heterocycles. The van der Waals surface area contributed by atoms with E-state index < -0.39 is 5.54 Å². The van der Waals surface area contributed by atoms with E-state index in [1.807, 2.05) is 6.92 Å². The largest absolute Gasteiger partial charge is 0.337 e. The van der Waals surface area contributed by atoms with E-state index in [9.17, 15) is 0 Å². The Labute approximate surface area is 96.6 Å². The first-order valence-corrected chi connectivity index (χ1v) is 6.12. The highest BCUT2D eigenvalue weighted by molar-refractivity contribution is 5.07. The average Bonchev–Trinajstić information content (AvgIpc) is 2.95. The molecule has 1 unspecified atom stereocenters. The van der Waals surface area contributed by atoms with E-state index in [1.54, 1.807) is 0 Å². The van der Waals surface area contributed by atoms with Gasteiger partial charge in [-0.05, 0) is 38.0 Å². The van der Waals surface area contributed by atoms with Crippen LogP contribution in [0.25, 0.3) is 0 Å². The normalized spacial score (nSPS) is 20.1. The standard InChI is InChI=1S/C12H21N3O/c1-8(2)4-7-10-14-11(16-15-10)12(3,13)9-5-6-9/h8-9H,4-7,13H2,1-3H3. The van der Waals surface area contributed by atoms with Crippen LogP contribution in [0.15, 0.2) is 4.52 Å². The molecule has 1 aliphatic carbocycles. The Morgan fingerprint density at radius 3 is 2.75 bits per heavy atom. The van der Waals surface area contributed by atoms with Gasteiger partial charge in [-0.1, -0.05) is 19.0 Å². The summed E-state index contributed by atoms with van der Waals surface area (Å²) in [6, 6.07) is 0. The third-order valence-corrected chi connectivity index (χ3v) is 3.30. The highest BCUT2D eigenvalue weighted by Crippen LogP contribution is 2.43. The minimum Gasteiger partial charge on any atom is -0.337 e. The van der Waals surface area contributed by atoms with Crippen LogP contribution in [0.2, 0.25) is 0 Å². The molecule has 1 heterocycles. The number of nitrogens with zero attached hydrogens (tertiary/aromatic N) is 2. The Balaban J connectivity index is 2.01. The summed E-state index contributed by atoms with van der Waals surface area (Å²) in [4.78, 5) is 4.41. The second kappa shape index (κ2) is 4.17. The lowest BCUT2D eigenvalue weighted by atomic mass is 9.97. The van der Waals surface area contributed by atoms with Crippen molar-refractivity contribution in [1.82, 2.24) is 10.1 Å². The first-order valence-electron chi connectivity index (χ1n) is 6.12. The second-order valence-electron chi connectivity index (χ2n) is 5.51. The van der Waals surface area contributed by atoms with Gasteiger partial charge in [-0.3, -0.25) is 0 Å². The van der Waals surface area contributed by atoms with E-state index in [4.69, 9.17) is 10.3 Å². The molecular formula is C12H21N3O. The molecule has 4 heteroatoms. The fraction of sp³-hybridized carbons (Fsp3) is 0.833. The van der Waals surface area contributed by atoms with Crippen molar-refractivity contribution in [3.63, 3.8) is 0 Å². The van der Waals surface area contributed by atoms with Crippen molar-refractivity contribution in [1.29, 1.82) is 0 Å². The maximum atomic E-state index is 6.22. The van der Waals surface area contributed by atoms with E-state index in [0.717, 1.165) is 18.7 Å². The summed E-state index contributed by atoms with van der Waals surface area (Å²) in [7, 11) is 0. The van der Waals surface area contributed by atoms with Gasteiger partial charge >= 0.3 is 0 Å². The third-order valence-electron chi connectivity index (χ3n) is 3.30. The molecule has 0 amide bonds. The molecule has 0 bridgehead atoms. The van der Waals surface area contributed by atoms with Crippen molar-refractivity contribution in [3.05, 3.63) is 11.7 Å². The van der Waals surface area contributed by atoms with Crippen LogP contribution in [0.1, 0.15) is 51.7 Å². The number of aromatic nitrogens is 2. The number of hydrogen-bond donors (Lipinski definition) is 1. The Bertz CT molecular complexity index is 353. The van der Waals surface area contributed by atoms with E-state index in [0.29, 0.717) is 17.7 Å². The molecule has 1 aromatic heterocycles. The molecule has 0 radical (unpaired) electrons. The van der Waals surface area contributed by atoms with Crippen LogP contribution < -0.4 is 5.73 Å². The molecule has 1 atom stereocenters. The van der Waals surface area contributed by atoms with E-state index >= 15 is 0 Å². The summed E-state index contributed by atoms with van der Waals surface area (Å²) in [6.07, 6.45) is 4.32. The maximum absolute atomic E-state index is 6.22. The van der Waals surface area contributed by atoms with E-state index in [2.05, 4.69) is 24.0 Å². The number of rotatable bonds is 5. The van der Waals surface area contributed by atoms with Gasteiger partial charge in [0.2, 0.25) is 5.89 Å². The molecule has 2 N–H and O–H groups in total. The summed E-state index contributed by atoms with van der Waals surface area (Å²) >= 11 is 0. The molecule has 1 saturated carbocycles. The van der Waals surface area contributed by atoms with Crippen LogP contribution in [0.3, 0.4) is 0 Å². The molecule has 1 aromatic rings. The lowest BCUT2D eigenvalue weighted by Gasteiger charge is -2.18. The fourth-order valence-electron chi connectivity index (χ4n) is 1.85. The lowest BCUT2D eigenvalue weighted by molar-refractivity contribution is 0.272. The Morgan fingerprint density at radius 1 is 1.50 bits per heavy atom. The first-order chi connectivity index (χ1) is 7.50. The van der Waals surface area contributed by atoms with Crippen molar-refractivity contribution >= 4 is 0 Å². The fourth-order valence-corrected chi connectivity index (χ4v) is 1.85. The zero-order chi connectivity index (χ0) is 11.8. The predicted molar refractivity (Wildman–Crippen MR) is 61.7 cm³/mol. The Morgan fingerprint density at radius 2 is 2.19 bits per heavy atom. The second-order valence-corrected chi connectivity index (χ2v) is 5.51. The highest BCUT2D eigenvalue weighted by Gasteiger charge is 2.43. The maximum Gasteiger partial charge on any atom is 0.246 e. The van der Waals surface area contributed by atoms with Gasteiger partial charge in [0.25, 0.3) is 0 Å². The average molecular weight is 223 g/mol. The Hall–Kier alpha value is -0.900. The van der Waals surface area contributed by atoms with Gasteiger partial charge in [-0.2, -0.15) is 4.98 Å². The smallest absolute Gasteiger partial charge is 0.246 e. The zero-order valence-corrected chi connectivity index (χ0v) is 10.4. The predicted octanol–water partition coefficient (Wildman–Crippen LogP) is 2.24. The molecule has 0 aromatic carbocycles. The first kappa shape index (κ1) is 11.6. The van der Waals surface area contributed by atoms with Crippen molar-refractivity contribution in [2.75, 3.05) is 0 Å². The molecular weight excluding hydrogens is 202 g/mol. The van der Waals surface area contributed by atoms with Crippen LogP contribution in [0, 0.1) is 11.8 Å². The van der Waals surface area contributed by atoms with Crippen molar-refractivity contribution in [2.24, 2.45) is 17.6 Å². The van der Waals surface area contributed by atoms with Crippen molar-refractivity contribution in [3.8, 4) is 0 Å². The molecule has 2 rings (SSSR count). The van der Waals surface area contributed by atoms with Crippen LogP contribution in [0.4, 0.5) is 0 Å². The molecule has 1 aliphatic rings.